The van der Waals surface area contributed by atoms with E-state index in [0.29, 0.717) is 6.61 Å². The fourth-order valence-electron chi connectivity index (χ4n) is 0.969. The second-order valence-corrected chi connectivity index (χ2v) is 2.47. The Kier molecular flexibility index (Phi) is 3.57. The van der Waals surface area contributed by atoms with Gasteiger partial charge in [0, 0.05) is 0 Å². The zero-order chi connectivity index (χ0) is 8.81. The minimum atomic E-state index is 0.548. The molecule has 12 heavy (non-hydrogen) atoms. The van der Waals surface area contributed by atoms with Gasteiger partial charge in [-0.15, -0.1) is 0 Å². The normalized spacial score (nSPS) is 9.83. The molecule has 0 aliphatic carbocycles. The van der Waals surface area contributed by atoms with E-state index in [9.17, 15) is 0 Å². The third kappa shape index (κ3) is 2.53. The highest BCUT2D eigenvalue weighted by atomic mass is 16.6. The Morgan fingerprint density at radius 3 is 2.42 bits per heavy atom. The highest BCUT2D eigenvalue weighted by Gasteiger charge is 1.93. The van der Waals surface area contributed by atoms with Crippen molar-refractivity contribution in [3.8, 4) is 5.75 Å². The third-order valence-electron chi connectivity index (χ3n) is 1.67. The van der Waals surface area contributed by atoms with Crippen LogP contribution in [-0.2, 0) is 11.3 Å². The highest BCUT2D eigenvalue weighted by Crippen LogP contribution is 2.11. The van der Waals surface area contributed by atoms with Crippen LogP contribution in [0, 0.1) is 0 Å². The molecule has 0 saturated carbocycles. The summed E-state index contributed by atoms with van der Waals surface area (Å²) < 4.78 is 5.02. The standard InChI is InChI=1S/C9H13NO2/c1-11-9-4-2-8(3-5-9)6-7-12-10/h2-5H,6-7,10H2,1H3. The van der Waals surface area contributed by atoms with Gasteiger partial charge in [0.15, 0.2) is 0 Å². The molecular formula is C9H13NO2. The van der Waals surface area contributed by atoms with Crippen LogP contribution in [0.25, 0.3) is 0 Å². The SMILES string of the molecule is COc1ccc(CCON)cc1. The summed E-state index contributed by atoms with van der Waals surface area (Å²) in [6.45, 7) is 0.548. The summed E-state index contributed by atoms with van der Waals surface area (Å²) in [7, 11) is 1.65. The molecule has 0 bridgehead atoms. The van der Waals surface area contributed by atoms with E-state index in [1.165, 1.54) is 5.56 Å². The summed E-state index contributed by atoms with van der Waals surface area (Å²) in [5, 5.41) is 0. The van der Waals surface area contributed by atoms with Gasteiger partial charge in [-0.05, 0) is 24.1 Å². The van der Waals surface area contributed by atoms with Crippen molar-refractivity contribution in [1.82, 2.24) is 0 Å². The molecule has 0 unspecified atom stereocenters. The summed E-state index contributed by atoms with van der Waals surface area (Å²) in [4.78, 5) is 4.47. The van der Waals surface area contributed by atoms with Crippen molar-refractivity contribution in [3.05, 3.63) is 29.8 Å². The van der Waals surface area contributed by atoms with Gasteiger partial charge in [0.25, 0.3) is 0 Å². The van der Waals surface area contributed by atoms with Crippen molar-refractivity contribution < 1.29 is 9.57 Å². The van der Waals surface area contributed by atoms with E-state index < -0.39 is 0 Å². The fourth-order valence-corrected chi connectivity index (χ4v) is 0.969. The maximum absolute atomic E-state index is 5.02. The van der Waals surface area contributed by atoms with Crippen molar-refractivity contribution in [2.75, 3.05) is 13.7 Å². The number of benzene rings is 1. The Bertz CT molecular complexity index is 220. The first kappa shape index (κ1) is 9.03. The molecular weight excluding hydrogens is 154 g/mol. The van der Waals surface area contributed by atoms with Gasteiger partial charge in [-0.2, -0.15) is 0 Å². The molecule has 1 aromatic carbocycles. The first-order valence-corrected chi connectivity index (χ1v) is 3.81. The Balaban J connectivity index is 2.53. The molecule has 0 amide bonds. The molecule has 0 radical (unpaired) electrons. The summed E-state index contributed by atoms with van der Waals surface area (Å²) in [6, 6.07) is 7.84. The number of hydrogen-bond donors (Lipinski definition) is 1. The van der Waals surface area contributed by atoms with E-state index in [4.69, 9.17) is 10.6 Å². The van der Waals surface area contributed by atoms with Gasteiger partial charge in [0.05, 0.1) is 13.7 Å². The second-order valence-electron chi connectivity index (χ2n) is 2.47. The van der Waals surface area contributed by atoms with E-state index in [-0.39, 0.29) is 0 Å². The lowest BCUT2D eigenvalue weighted by Crippen LogP contribution is -2.03. The van der Waals surface area contributed by atoms with Crippen molar-refractivity contribution in [3.63, 3.8) is 0 Å². The van der Waals surface area contributed by atoms with E-state index in [0.717, 1.165) is 12.2 Å². The molecule has 66 valence electrons. The van der Waals surface area contributed by atoms with E-state index in [2.05, 4.69) is 4.84 Å². The zero-order valence-electron chi connectivity index (χ0n) is 7.12. The fraction of sp³-hybridized carbons (Fsp3) is 0.333. The summed E-state index contributed by atoms with van der Waals surface area (Å²) in [6.07, 6.45) is 0.834. The van der Waals surface area contributed by atoms with Crippen LogP contribution in [0.15, 0.2) is 24.3 Å². The third-order valence-corrected chi connectivity index (χ3v) is 1.67. The van der Waals surface area contributed by atoms with E-state index >= 15 is 0 Å². The topological polar surface area (TPSA) is 44.5 Å². The number of methoxy groups -OCH3 is 1. The average Bonchev–Trinajstić information content (AvgIpc) is 2.15. The Labute approximate surface area is 72.0 Å². The molecule has 0 aliphatic rings. The monoisotopic (exact) mass is 167 g/mol. The molecule has 0 saturated heterocycles. The van der Waals surface area contributed by atoms with Gasteiger partial charge < -0.3 is 9.57 Å². The van der Waals surface area contributed by atoms with Crippen LogP contribution in [-0.4, -0.2) is 13.7 Å². The summed E-state index contributed by atoms with van der Waals surface area (Å²) >= 11 is 0. The molecule has 0 atom stereocenters. The Morgan fingerprint density at radius 1 is 1.25 bits per heavy atom. The maximum atomic E-state index is 5.02. The van der Waals surface area contributed by atoms with Gasteiger partial charge in [-0.1, -0.05) is 12.1 Å². The van der Waals surface area contributed by atoms with Gasteiger partial charge in [-0.3, -0.25) is 0 Å². The molecule has 0 aliphatic heterocycles. The summed E-state index contributed by atoms with van der Waals surface area (Å²) in [5.74, 6) is 5.78. The second kappa shape index (κ2) is 4.74. The number of ether oxygens (including phenoxy) is 1. The highest BCUT2D eigenvalue weighted by molar-refractivity contribution is 5.27. The van der Waals surface area contributed by atoms with Crippen LogP contribution in [0.3, 0.4) is 0 Å². The van der Waals surface area contributed by atoms with E-state index in [1.54, 1.807) is 7.11 Å². The van der Waals surface area contributed by atoms with Crippen LogP contribution >= 0.6 is 0 Å². The van der Waals surface area contributed by atoms with Gasteiger partial charge in [0.2, 0.25) is 0 Å². The number of rotatable bonds is 4. The summed E-state index contributed by atoms with van der Waals surface area (Å²) in [5.41, 5.74) is 1.20. The zero-order valence-corrected chi connectivity index (χ0v) is 7.12. The van der Waals surface area contributed by atoms with Crippen LogP contribution < -0.4 is 10.6 Å². The minimum absolute atomic E-state index is 0.548. The lowest BCUT2D eigenvalue weighted by molar-refractivity contribution is 0.141. The van der Waals surface area contributed by atoms with Crippen LogP contribution in [0.2, 0.25) is 0 Å². The van der Waals surface area contributed by atoms with Gasteiger partial charge >= 0.3 is 0 Å². The molecule has 0 aromatic heterocycles. The molecule has 0 heterocycles. The van der Waals surface area contributed by atoms with Crippen molar-refractivity contribution in [2.45, 2.75) is 6.42 Å². The molecule has 1 aromatic rings. The van der Waals surface area contributed by atoms with Crippen LogP contribution in [0.4, 0.5) is 0 Å². The average molecular weight is 167 g/mol. The first-order valence-electron chi connectivity index (χ1n) is 3.81. The Hall–Kier alpha value is -1.06. The van der Waals surface area contributed by atoms with Crippen molar-refractivity contribution in [1.29, 1.82) is 0 Å². The van der Waals surface area contributed by atoms with E-state index in [1.807, 2.05) is 24.3 Å². The molecule has 3 heteroatoms. The molecule has 0 fully saturated rings. The minimum Gasteiger partial charge on any atom is -0.497 e. The Morgan fingerprint density at radius 2 is 1.92 bits per heavy atom. The lowest BCUT2D eigenvalue weighted by atomic mass is 10.1. The first-order chi connectivity index (χ1) is 5.86. The van der Waals surface area contributed by atoms with Crippen molar-refractivity contribution in [2.24, 2.45) is 5.90 Å². The molecule has 2 N–H and O–H groups in total. The predicted molar refractivity (Wildman–Crippen MR) is 46.8 cm³/mol. The predicted octanol–water partition coefficient (Wildman–Crippen LogP) is 1.13. The van der Waals surface area contributed by atoms with Crippen LogP contribution in [0.1, 0.15) is 5.56 Å². The lowest BCUT2D eigenvalue weighted by Gasteiger charge is -2.01. The number of hydrogen-bond acceptors (Lipinski definition) is 3. The molecule has 0 spiro atoms. The molecule has 1 rings (SSSR count). The molecule has 3 nitrogen and oxygen atoms in total. The maximum Gasteiger partial charge on any atom is 0.118 e. The van der Waals surface area contributed by atoms with Crippen LogP contribution in [0.5, 0.6) is 5.75 Å². The largest absolute Gasteiger partial charge is 0.497 e. The van der Waals surface area contributed by atoms with Gasteiger partial charge in [-0.25, -0.2) is 5.90 Å². The van der Waals surface area contributed by atoms with Gasteiger partial charge in [0.1, 0.15) is 5.75 Å². The number of nitrogens with two attached hydrogens (primary N) is 1. The van der Waals surface area contributed by atoms with Crippen molar-refractivity contribution >= 4 is 0 Å². The quantitative estimate of drug-likeness (QED) is 0.683. The smallest absolute Gasteiger partial charge is 0.118 e.